The van der Waals surface area contributed by atoms with Crippen LogP contribution >= 0.6 is 0 Å². The number of ether oxygens (including phenoxy) is 1. The van der Waals surface area contributed by atoms with Gasteiger partial charge in [0.1, 0.15) is 12.2 Å². The topological polar surface area (TPSA) is 58.6 Å². The number of carbonyl (C=O) groups is 1. The van der Waals surface area contributed by atoms with E-state index in [-0.39, 0.29) is 19.1 Å². The van der Waals surface area contributed by atoms with Gasteiger partial charge in [-0.3, -0.25) is 4.79 Å². The van der Waals surface area contributed by atoms with Gasteiger partial charge in [-0.2, -0.15) is 0 Å². The van der Waals surface area contributed by atoms with Crippen molar-refractivity contribution in [2.45, 2.75) is 44.6 Å². The fourth-order valence-electron chi connectivity index (χ4n) is 2.79. The second kappa shape index (κ2) is 7.57. The highest BCUT2D eigenvalue weighted by molar-refractivity contribution is 5.77. The average molecular weight is 291 g/mol. The molecule has 1 aromatic rings. The average Bonchev–Trinajstić information content (AvgIpc) is 2.50. The first-order valence-corrected chi connectivity index (χ1v) is 7.81. The summed E-state index contributed by atoms with van der Waals surface area (Å²) in [5.74, 6) is -0.164. The number of rotatable bonds is 7. The minimum absolute atomic E-state index is 0.0672. The van der Waals surface area contributed by atoms with E-state index in [4.69, 9.17) is 4.74 Å². The molecule has 0 heterocycles. The van der Waals surface area contributed by atoms with Crippen molar-refractivity contribution in [2.75, 3.05) is 19.8 Å². The Morgan fingerprint density at radius 2 is 2.24 bits per heavy atom. The lowest BCUT2D eigenvalue weighted by Crippen LogP contribution is -2.44. The zero-order valence-electron chi connectivity index (χ0n) is 12.7. The van der Waals surface area contributed by atoms with Gasteiger partial charge in [-0.25, -0.2) is 0 Å². The van der Waals surface area contributed by atoms with Crippen molar-refractivity contribution in [3.63, 3.8) is 0 Å². The van der Waals surface area contributed by atoms with Crippen LogP contribution in [0.1, 0.15) is 43.7 Å². The van der Waals surface area contributed by atoms with E-state index in [2.05, 4.69) is 18.3 Å². The van der Waals surface area contributed by atoms with E-state index in [1.54, 1.807) is 0 Å². The molecule has 4 heteroatoms. The first-order valence-electron chi connectivity index (χ1n) is 7.81. The predicted octanol–water partition coefficient (Wildman–Crippen LogP) is 2.14. The van der Waals surface area contributed by atoms with Crippen LogP contribution in [0, 0.1) is 0 Å². The third kappa shape index (κ3) is 4.29. The third-order valence-corrected chi connectivity index (χ3v) is 4.01. The lowest BCUT2D eigenvalue weighted by Gasteiger charge is -2.34. The lowest BCUT2D eigenvalue weighted by atomic mass is 9.79. The molecule has 0 radical (unpaired) electrons. The summed E-state index contributed by atoms with van der Waals surface area (Å²) in [5, 5.41) is 13.6. The summed E-state index contributed by atoms with van der Waals surface area (Å²) in [5.41, 5.74) is 1.18. The van der Waals surface area contributed by atoms with Gasteiger partial charge < -0.3 is 15.2 Å². The second-order valence-electron chi connectivity index (χ2n) is 5.73. The Morgan fingerprint density at radius 1 is 1.43 bits per heavy atom. The number of nitrogens with one attached hydrogen (secondary N) is 1. The van der Waals surface area contributed by atoms with Gasteiger partial charge >= 0.3 is 0 Å². The minimum Gasteiger partial charge on any atom is -0.383 e. The standard InChI is InChI=1S/C17H25NO3/c1-2-3-11-21-12-16(19)18-13-17(20)10-6-8-14-7-4-5-9-15(14)17/h4-5,7,9,20H,2-3,6,8,10-13H2,1H3,(H,18,19). The molecule has 1 aliphatic rings. The molecule has 0 saturated heterocycles. The van der Waals surface area contributed by atoms with Gasteiger partial charge in [0.05, 0.1) is 6.54 Å². The molecule has 0 aromatic heterocycles. The zero-order chi connectivity index (χ0) is 15.1. The smallest absolute Gasteiger partial charge is 0.246 e. The molecular formula is C17H25NO3. The number of fused-ring (bicyclic) bond motifs is 1. The van der Waals surface area contributed by atoms with Crippen molar-refractivity contribution in [3.05, 3.63) is 35.4 Å². The number of carbonyl (C=O) groups excluding carboxylic acids is 1. The van der Waals surface area contributed by atoms with Crippen molar-refractivity contribution >= 4 is 5.91 Å². The van der Waals surface area contributed by atoms with Crippen LogP contribution in [0.25, 0.3) is 0 Å². The zero-order valence-corrected chi connectivity index (χ0v) is 12.7. The van der Waals surface area contributed by atoms with Crippen molar-refractivity contribution in [1.29, 1.82) is 0 Å². The maximum absolute atomic E-state index is 11.8. The summed E-state index contributed by atoms with van der Waals surface area (Å²) in [6.07, 6.45) is 4.63. The Kier molecular flexibility index (Phi) is 5.76. The highest BCUT2D eigenvalue weighted by atomic mass is 16.5. The molecule has 0 aliphatic heterocycles. The molecule has 1 aliphatic carbocycles. The fraction of sp³-hybridized carbons (Fsp3) is 0.588. The number of benzene rings is 1. The number of hydrogen-bond donors (Lipinski definition) is 2. The summed E-state index contributed by atoms with van der Waals surface area (Å²) in [6, 6.07) is 7.93. The van der Waals surface area contributed by atoms with E-state index < -0.39 is 5.60 Å². The largest absolute Gasteiger partial charge is 0.383 e. The summed E-state index contributed by atoms with van der Waals surface area (Å²) in [4.78, 5) is 11.8. The van der Waals surface area contributed by atoms with Crippen LogP contribution in [-0.2, 0) is 21.6 Å². The van der Waals surface area contributed by atoms with Gasteiger partial charge in [0.25, 0.3) is 0 Å². The summed E-state index contributed by atoms with van der Waals surface area (Å²) in [7, 11) is 0. The maximum atomic E-state index is 11.8. The lowest BCUT2D eigenvalue weighted by molar-refractivity contribution is -0.127. The molecule has 1 unspecified atom stereocenters. The second-order valence-corrected chi connectivity index (χ2v) is 5.73. The van der Waals surface area contributed by atoms with E-state index in [9.17, 15) is 9.90 Å². The molecule has 21 heavy (non-hydrogen) atoms. The Balaban J connectivity index is 1.86. The predicted molar refractivity (Wildman–Crippen MR) is 82.0 cm³/mol. The molecule has 2 rings (SSSR count). The number of amides is 1. The first-order chi connectivity index (χ1) is 10.2. The van der Waals surface area contributed by atoms with Crippen molar-refractivity contribution in [2.24, 2.45) is 0 Å². The van der Waals surface area contributed by atoms with Gasteiger partial charge in [-0.15, -0.1) is 0 Å². The molecule has 1 atom stereocenters. The molecule has 0 spiro atoms. The highest BCUT2D eigenvalue weighted by Crippen LogP contribution is 2.34. The molecule has 1 amide bonds. The first kappa shape index (κ1) is 16.0. The van der Waals surface area contributed by atoms with Crippen LogP contribution in [0.15, 0.2) is 24.3 Å². The van der Waals surface area contributed by atoms with E-state index in [1.165, 1.54) is 5.56 Å². The molecule has 116 valence electrons. The van der Waals surface area contributed by atoms with Crippen LogP contribution in [0.3, 0.4) is 0 Å². The Hall–Kier alpha value is -1.39. The fourth-order valence-corrected chi connectivity index (χ4v) is 2.79. The van der Waals surface area contributed by atoms with Crippen LogP contribution < -0.4 is 5.32 Å². The van der Waals surface area contributed by atoms with Crippen LogP contribution in [0.4, 0.5) is 0 Å². The number of unbranched alkanes of at least 4 members (excludes halogenated alkanes) is 1. The molecule has 1 aromatic carbocycles. The normalized spacial score (nSPS) is 20.9. The SMILES string of the molecule is CCCCOCC(=O)NCC1(O)CCCc2ccccc21. The van der Waals surface area contributed by atoms with Crippen LogP contribution in [0.5, 0.6) is 0 Å². The van der Waals surface area contributed by atoms with Crippen molar-refractivity contribution in [3.8, 4) is 0 Å². The van der Waals surface area contributed by atoms with Gasteiger partial charge in [0.2, 0.25) is 5.91 Å². The summed E-state index contributed by atoms with van der Waals surface area (Å²) in [6.45, 7) is 3.01. The van der Waals surface area contributed by atoms with E-state index >= 15 is 0 Å². The summed E-state index contributed by atoms with van der Waals surface area (Å²) >= 11 is 0. The molecule has 0 bridgehead atoms. The Labute approximate surface area is 126 Å². The van der Waals surface area contributed by atoms with Gasteiger partial charge in [0.15, 0.2) is 0 Å². The molecule has 0 fully saturated rings. The van der Waals surface area contributed by atoms with E-state index in [0.717, 1.165) is 31.2 Å². The van der Waals surface area contributed by atoms with Crippen molar-refractivity contribution < 1.29 is 14.6 Å². The summed E-state index contributed by atoms with van der Waals surface area (Å²) < 4.78 is 5.28. The highest BCUT2D eigenvalue weighted by Gasteiger charge is 2.34. The number of aryl methyl sites for hydroxylation is 1. The van der Waals surface area contributed by atoms with Crippen LogP contribution in [-0.4, -0.2) is 30.8 Å². The number of aliphatic hydroxyl groups is 1. The van der Waals surface area contributed by atoms with E-state index in [1.807, 2.05) is 18.2 Å². The molecule has 0 saturated carbocycles. The Bertz CT molecular complexity index is 475. The van der Waals surface area contributed by atoms with Crippen molar-refractivity contribution in [1.82, 2.24) is 5.32 Å². The third-order valence-electron chi connectivity index (χ3n) is 4.01. The molecule has 4 nitrogen and oxygen atoms in total. The number of hydrogen-bond acceptors (Lipinski definition) is 3. The molecular weight excluding hydrogens is 266 g/mol. The van der Waals surface area contributed by atoms with E-state index in [0.29, 0.717) is 13.0 Å². The van der Waals surface area contributed by atoms with Gasteiger partial charge in [0, 0.05) is 6.61 Å². The quantitative estimate of drug-likeness (QED) is 0.757. The van der Waals surface area contributed by atoms with Gasteiger partial charge in [-0.1, -0.05) is 37.6 Å². The van der Waals surface area contributed by atoms with Crippen LogP contribution in [0.2, 0.25) is 0 Å². The maximum Gasteiger partial charge on any atom is 0.246 e. The minimum atomic E-state index is -0.950. The van der Waals surface area contributed by atoms with Gasteiger partial charge in [-0.05, 0) is 36.8 Å². The Morgan fingerprint density at radius 3 is 3.05 bits per heavy atom. The monoisotopic (exact) mass is 291 g/mol. The molecule has 2 N–H and O–H groups in total.